The molecule has 1 heterocycles. The monoisotopic (exact) mass is 285 g/mol. The molecule has 0 saturated carbocycles. The minimum absolute atomic E-state index is 0.365. The van der Waals surface area contributed by atoms with E-state index in [4.69, 9.17) is 17.0 Å². The molecule has 0 atom stereocenters. The highest BCUT2D eigenvalue weighted by atomic mass is 79.9. The van der Waals surface area contributed by atoms with E-state index in [1.807, 2.05) is 24.3 Å². The number of ether oxygens (including phenoxy) is 1. The summed E-state index contributed by atoms with van der Waals surface area (Å²) in [5.74, 6) is 1.46. The van der Waals surface area contributed by atoms with Gasteiger partial charge in [-0.15, -0.1) is 0 Å². The third-order valence-electron chi connectivity index (χ3n) is 1.72. The van der Waals surface area contributed by atoms with Gasteiger partial charge in [0, 0.05) is 4.47 Å². The molecule has 0 bridgehead atoms. The van der Waals surface area contributed by atoms with E-state index in [1.54, 1.807) is 0 Å². The first-order valence-electron chi connectivity index (χ1n) is 4.26. The van der Waals surface area contributed by atoms with E-state index in [1.165, 1.54) is 0 Å². The number of hydrogen-bond donors (Lipinski definition) is 2. The molecule has 2 N–H and O–H groups in total. The zero-order valence-corrected chi connectivity index (χ0v) is 10.1. The third-order valence-corrected chi connectivity index (χ3v) is 2.41. The molecule has 0 amide bonds. The smallest absolute Gasteiger partial charge is 0.213 e. The fraction of sp³-hybridized carbons (Fsp3) is 0.111. The standard InChI is InChI=1S/C9H8BrN3OS/c10-6-2-1-3-7(4-6)14-5-8-11-9(15)13-12-8/h1-4H,5H2,(H2,11,12,13,15). The molecule has 0 spiro atoms. The van der Waals surface area contributed by atoms with Crippen LogP contribution in [0.25, 0.3) is 0 Å². The number of nitrogens with one attached hydrogen (secondary N) is 2. The van der Waals surface area contributed by atoms with Crippen molar-refractivity contribution in [3.05, 3.63) is 39.3 Å². The van der Waals surface area contributed by atoms with Gasteiger partial charge in [-0.25, -0.2) is 4.98 Å². The predicted molar refractivity (Wildman–Crippen MR) is 62.2 cm³/mol. The molecule has 6 heteroatoms. The Morgan fingerprint density at radius 1 is 1.40 bits per heavy atom. The second-order valence-corrected chi connectivity index (χ2v) is 4.16. The van der Waals surface area contributed by atoms with Crippen LogP contribution in [-0.4, -0.2) is 15.2 Å². The van der Waals surface area contributed by atoms with Crippen LogP contribution in [0.15, 0.2) is 28.7 Å². The summed E-state index contributed by atoms with van der Waals surface area (Å²) in [7, 11) is 0. The number of H-pyrrole nitrogens is 2. The van der Waals surface area contributed by atoms with Gasteiger partial charge in [0.05, 0.1) is 0 Å². The first-order valence-corrected chi connectivity index (χ1v) is 5.46. The summed E-state index contributed by atoms with van der Waals surface area (Å²) in [5, 5.41) is 5.52. The van der Waals surface area contributed by atoms with Gasteiger partial charge in [-0.3, -0.25) is 10.2 Å². The Kier molecular flexibility index (Phi) is 3.17. The van der Waals surface area contributed by atoms with Gasteiger partial charge in [0.15, 0.2) is 5.82 Å². The van der Waals surface area contributed by atoms with E-state index in [9.17, 15) is 0 Å². The second kappa shape index (κ2) is 4.59. The van der Waals surface area contributed by atoms with E-state index in [2.05, 4.69) is 31.1 Å². The summed E-state index contributed by atoms with van der Waals surface area (Å²) in [4.78, 5) is 4.02. The van der Waals surface area contributed by atoms with Crippen LogP contribution in [0, 0.1) is 4.77 Å². The van der Waals surface area contributed by atoms with Gasteiger partial charge in [0.25, 0.3) is 0 Å². The Labute approximate surface area is 99.8 Å². The minimum Gasteiger partial charge on any atom is -0.486 e. The molecular formula is C9H8BrN3OS. The zero-order valence-electron chi connectivity index (χ0n) is 7.66. The highest BCUT2D eigenvalue weighted by Gasteiger charge is 1.98. The van der Waals surface area contributed by atoms with Gasteiger partial charge in [0.1, 0.15) is 12.4 Å². The number of rotatable bonds is 3. The minimum atomic E-state index is 0.365. The second-order valence-electron chi connectivity index (χ2n) is 2.86. The SMILES string of the molecule is S=c1nc(COc2cccc(Br)c2)[nH][nH]1. The summed E-state index contributed by atoms with van der Waals surface area (Å²) in [5.41, 5.74) is 0. The van der Waals surface area contributed by atoms with Crippen molar-refractivity contribution in [1.82, 2.24) is 15.2 Å². The zero-order chi connectivity index (χ0) is 10.7. The molecule has 0 aliphatic heterocycles. The van der Waals surface area contributed by atoms with Crippen molar-refractivity contribution < 1.29 is 4.74 Å². The molecule has 78 valence electrons. The highest BCUT2D eigenvalue weighted by molar-refractivity contribution is 9.10. The van der Waals surface area contributed by atoms with Crippen LogP contribution in [0.5, 0.6) is 5.75 Å². The largest absolute Gasteiger partial charge is 0.486 e. The number of nitrogens with zero attached hydrogens (tertiary/aromatic N) is 1. The number of hydrogen-bond acceptors (Lipinski definition) is 3. The fourth-order valence-corrected chi connectivity index (χ4v) is 1.62. The predicted octanol–water partition coefficient (Wildman–Crippen LogP) is 2.81. The van der Waals surface area contributed by atoms with E-state index >= 15 is 0 Å². The summed E-state index contributed by atoms with van der Waals surface area (Å²) >= 11 is 8.19. The van der Waals surface area contributed by atoms with E-state index < -0.39 is 0 Å². The Hall–Kier alpha value is -1.14. The average Bonchev–Trinajstić information content (AvgIpc) is 2.62. The van der Waals surface area contributed by atoms with Crippen LogP contribution in [0.1, 0.15) is 5.82 Å². The summed E-state index contributed by atoms with van der Waals surface area (Å²) < 4.78 is 6.91. The molecule has 0 fully saturated rings. The van der Waals surface area contributed by atoms with Crippen molar-refractivity contribution in [3.8, 4) is 5.75 Å². The Bertz CT molecular complexity index is 508. The molecule has 2 aromatic rings. The van der Waals surface area contributed by atoms with Crippen LogP contribution < -0.4 is 4.74 Å². The van der Waals surface area contributed by atoms with Crippen molar-refractivity contribution in [3.63, 3.8) is 0 Å². The molecule has 1 aromatic heterocycles. The molecule has 1 aromatic carbocycles. The highest BCUT2D eigenvalue weighted by Crippen LogP contribution is 2.18. The van der Waals surface area contributed by atoms with Crippen LogP contribution in [0.2, 0.25) is 0 Å². The van der Waals surface area contributed by atoms with Crippen LogP contribution in [0.4, 0.5) is 0 Å². The number of aromatic amines is 2. The molecule has 0 radical (unpaired) electrons. The van der Waals surface area contributed by atoms with E-state index in [0.717, 1.165) is 10.2 Å². The van der Waals surface area contributed by atoms with Crippen LogP contribution >= 0.6 is 28.1 Å². The molecule has 0 saturated heterocycles. The first kappa shape index (κ1) is 10.4. The van der Waals surface area contributed by atoms with Crippen molar-refractivity contribution in [2.45, 2.75) is 6.61 Å². The summed E-state index contributed by atoms with van der Waals surface area (Å²) in [6, 6.07) is 7.62. The van der Waals surface area contributed by atoms with Crippen molar-refractivity contribution >= 4 is 28.1 Å². The lowest BCUT2D eigenvalue weighted by Crippen LogP contribution is -1.97. The molecule has 0 unspecified atom stereocenters. The maximum Gasteiger partial charge on any atom is 0.213 e. The summed E-state index contributed by atoms with van der Waals surface area (Å²) in [6.45, 7) is 0.365. The van der Waals surface area contributed by atoms with Crippen molar-refractivity contribution in [2.75, 3.05) is 0 Å². The van der Waals surface area contributed by atoms with E-state index in [0.29, 0.717) is 17.2 Å². The number of aromatic nitrogens is 3. The molecule has 0 aliphatic rings. The maximum absolute atomic E-state index is 5.50. The Balaban J connectivity index is 2.02. The quantitative estimate of drug-likeness (QED) is 0.853. The van der Waals surface area contributed by atoms with Gasteiger partial charge in [0.2, 0.25) is 4.77 Å². The van der Waals surface area contributed by atoms with Gasteiger partial charge in [-0.05, 0) is 30.4 Å². The topological polar surface area (TPSA) is 53.7 Å². The number of halogens is 1. The van der Waals surface area contributed by atoms with Gasteiger partial charge in [-0.2, -0.15) is 0 Å². The van der Waals surface area contributed by atoms with Crippen LogP contribution in [0.3, 0.4) is 0 Å². The molecular weight excluding hydrogens is 278 g/mol. The lowest BCUT2D eigenvalue weighted by atomic mass is 10.3. The molecule has 2 rings (SSSR count). The summed E-state index contributed by atoms with van der Waals surface area (Å²) in [6.07, 6.45) is 0. The lowest BCUT2D eigenvalue weighted by Gasteiger charge is -2.03. The number of benzene rings is 1. The Morgan fingerprint density at radius 2 is 2.27 bits per heavy atom. The normalized spacial score (nSPS) is 10.2. The first-order chi connectivity index (χ1) is 7.24. The lowest BCUT2D eigenvalue weighted by molar-refractivity contribution is 0.296. The van der Waals surface area contributed by atoms with Gasteiger partial charge in [-0.1, -0.05) is 22.0 Å². The maximum atomic E-state index is 5.50. The van der Waals surface area contributed by atoms with Gasteiger partial charge >= 0.3 is 0 Å². The molecule has 0 aliphatic carbocycles. The third kappa shape index (κ3) is 2.90. The van der Waals surface area contributed by atoms with Gasteiger partial charge < -0.3 is 4.74 Å². The van der Waals surface area contributed by atoms with Crippen molar-refractivity contribution in [2.24, 2.45) is 0 Å². The fourth-order valence-electron chi connectivity index (χ4n) is 1.08. The average molecular weight is 286 g/mol. The molecule has 15 heavy (non-hydrogen) atoms. The van der Waals surface area contributed by atoms with Crippen molar-refractivity contribution in [1.29, 1.82) is 0 Å². The van der Waals surface area contributed by atoms with E-state index in [-0.39, 0.29) is 0 Å². The molecule has 4 nitrogen and oxygen atoms in total. The Morgan fingerprint density at radius 3 is 2.93 bits per heavy atom. The van der Waals surface area contributed by atoms with Crippen LogP contribution in [-0.2, 0) is 6.61 Å².